The largest absolute Gasteiger partial charge is 0.452 e. The molecule has 0 spiro atoms. The molecule has 5 rings (SSSR count). The molecule has 3 unspecified atom stereocenters. The normalized spacial score (nSPS) is 49.7. The third-order valence-corrected chi connectivity index (χ3v) is 13.3. The molecule has 5 aliphatic carbocycles. The van der Waals surface area contributed by atoms with Gasteiger partial charge in [-0.1, -0.05) is 66.0 Å². The van der Waals surface area contributed by atoms with E-state index in [0.29, 0.717) is 18.3 Å². The number of terminal acetylenes is 1. The molecular formula is C33H50O4. The minimum atomic E-state index is -0.680. The molecule has 4 nitrogen and oxygen atoms in total. The lowest BCUT2D eigenvalue weighted by atomic mass is 9.33. The lowest BCUT2D eigenvalue weighted by molar-refractivity contribution is -0.232. The van der Waals surface area contributed by atoms with Crippen LogP contribution in [0.15, 0.2) is 11.6 Å². The van der Waals surface area contributed by atoms with Crippen LogP contribution in [0.25, 0.3) is 0 Å². The highest BCUT2D eigenvalue weighted by Crippen LogP contribution is 2.75. The maximum atomic E-state index is 13.6. The minimum absolute atomic E-state index is 0.00302. The summed E-state index contributed by atoms with van der Waals surface area (Å²) in [6.45, 7) is 16.5. The summed E-state index contributed by atoms with van der Waals surface area (Å²) in [6.07, 6.45) is 15.3. The fourth-order valence-corrected chi connectivity index (χ4v) is 11.0. The number of esters is 1. The average molecular weight is 511 g/mol. The lowest BCUT2D eigenvalue weighted by Gasteiger charge is -2.71. The van der Waals surface area contributed by atoms with E-state index >= 15 is 0 Å². The molecule has 2 N–H and O–H groups in total. The molecule has 4 saturated carbocycles. The number of hydrogen-bond donors (Lipinski definition) is 2. The molecule has 0 aromatic rings. The predicted molar refractivity (Wildman–Crippen MR) is 146 cm³/mol. The second-order valence-corrected chi connectivity index (χ2v) is 15.7. The SMILES string of the molecule is C#CCOC(=O)[C@]12CCC(C)(C)CC1C1=CCC3[C@@]4(C)C[C@@H](O)[C@H](O)C(C)(C)C4CC[C@@]3(C)[C@]1(C)CC2. The van der Waals surface area contributed by atoms with Crippen LogP contribution < -0.4 is 0 Å². The van der Waals surface area contributed by atoms with E-state index in [1.165, 1.54) is 5.57 Å². The first-order chi connectivity index (χ1) is 17.1. The van der Waals surface area contributed by atoms with Crippen LogP contribution in [0.2, 0.25) is 0 Å². The van der Waals surface area contributed by atoms with Crippen LogP contribution in [0.5, 0.6) is 0 Å². The molecule has 4 fully saturated rings. The molecule has 0 saturated heterocycles. The van der Waals surface area contributed by atoms with Crippen molar-refractivity contribution in [2.45, 2.75) is 118 Å². The molecule has 0 bridgehead atoms. The number of carbonyl (C=O) groups is 1. The highest BCUT2D eigenvalue weighted by atomic mass is 16.5. The first-order valence-electron chi connectivity index (χ1n) is 14.8. The summed E-state index contributed by atoms with van der Waals surface area (Å²) in [7, 11) is 0. The number of aliphatic hydroxyl groups is 2. The van der Waals surface area contributed by atoms with E-state index in [-0.39, 0.29) is 45.6 Å². The van der Waals surface area contributed by atoms with Gasteiger partial charge in [0.1, 0.15) is 0 Å². The van der Waals surface area contributed by atoms with Crippen molar-refractivity contribution in [1.29, 1.82) is 0 Å². The van der Waals surface area contributed by atoms with Gasteiger partial charge in [0.15, 0.2) is 6.61 Å². The topological polar surface area (TPSA) is 66.8 Å². The Morgan fingerprint density at radius 2 is 1.68 bits per heavy atom. The molecule has 5 aliphatic rings. The smallest absolute Gasteiger partial charge is 0.313 e. The number of rotatable bonds is 2. The van der Waals surface area contributed by atoms with Crippen LogP contribution in [0.1, 0.15) is 106 Å². The zero-order valence-corrected chi connectivity index (χ0v) is 24.3. The van der Waals surface area contributed by atoms with Gasteiger partial charge in [-0.05, 0) is 103 Å². The predicted octanol–water partition coefficient (Wildman–Crippen LogP) is 6.30. The van der Waals surface area contributed by atoms with E-state index in [4.69, 9.17) is 11.2 Å². The van der Waals surface area contributed by atoms with Gasteiger partial charge in [0.05, 0.1) is 17.6 Å². The second-order valence-electron chi connectivity index (χ2n) is 15.7. The third-order valence-electron chi connectivity index (χ3n) is 13.3. The summed E-state index contributed by atoms with van der Waals surface area (Å²) >= 11 is 0. The summed E-state index contributed by atoms with van der Waals surface area (Å²) in [6, 6.07) is 0. The number of allylic oxidation sites excluding steroid dienone is 2. The number of fused-ring (bicyclic) bond motifs is 7. The van der Waals surface area contributed by atoms with Crippen LogP contribution in [0.3, 0.4) is 0 Å². The summed E-state index contributed by atoms with van der Waals surface area (Å²) in [5.74, 6) is 3.43. The number of aliphatic hydroxyl groups excluding tert-OH is 2. The molecular weight excluding hydrogens is 460 g/mol. The van der Waals surface area contributed by atoms with Crippen molar-refractivity contribution < 1.29 is 19.7 Å². The molecule has 0 aromatic heterocycles. The Labute approximate surface area is 225 Å². The zero-order chi connectivity index (χ0) is 27.2. The van der Waals surface area contributed by atoms with Crippen molar-refractivity contribution in [1.82, 2.24) is 0 Å². The van der Waals surface area contributed by atoms with Crippen molar-refractivity contribution >= 4 is 5.97 Å². The van der Waals surface area contributed by atoms with Crippen molar-refractivity contribution in [2.24, 2.45) is 50.2 Å². The summed E-state index contributed by atoms with van der Waals surface area (Å²) in [4.78, 5) is 13.6. The van der Waals surface area contributed by atoms with Gasteiger partial charge in [0.2, 0.25) is 0 Å². The summed E-state index contributed by atoms with van der Waals surface area (Å²) in [5, 5.41) is 22.0. The number of ether oxygens (including phenoxy) is 1. The summed E-state index contributed by atoms with van der Waals surface area (Å²) in [5.41, 5.74) is 0.963. The molecule has 0 aromatic carbocycles. The summed E-state index contributed by atoms with van der Waals surface area (Å²) < 4.78 is 5.68. The van der Waals surface area contributed by atoms with Gasteiger partial charge in [0.25, 0.3) is 0 Å². The van der Waals surface area contributed by atoms with Gasteiger partial charge in [-0.25, -0.2) is 0 Å². The maximum Gasteiger partial charge on any atom is 0.313 e. The fraction of sp³-hybridized carbons (Fsp3) is 0.848. The monoisotopic (exact) mass is 510 g/mol. The van der Waals surface area contributed by atoms with Crippen molar-refractivity contribution in [3.8, 4) is 12.3 Å². The number of hydrogen-bond acceptors (Lipinski definition) is 4. The van der Waals surface area contributed by atoms with Gasteiger partial charge in [-0.2, -0.15) is 0 Å². The van der Waals surface area contributed by atoms with Crippen LogP contribution in [0.4, 0.5) is 0 Å². The first-order valence-corrected chi connectivity index (χ1v) is 14.8. The van der Waals surface area contributed by atoms with E-state index in [9.17, 15) is 15.0 Å². The fourth-order valence-electron chi connectivity index (χ4n) is 11.0. The van der Waals surface area contributed by atoms with Crippen molar-refractivity contribution in [2.75, 3.05) is 6.61 Å². The van der Waals surface area contributed by atoms with Gasteiger partial charge in [-0.15, -0.1) is 6.42 Å². The van der Waals surface area contributed by atoms with Crippen molar-refractivity contribution in [3.05, 3.63) is 11.6 Å². The van der Waals surface area contributed by atoms with E-state index in [1.807, 2.05) is 0 Å². The molecule has 9 atom stereocenters. The quantitative estimate of drug-likeness (QED) is 0.260. The number of carbonyl (C=O) groups excluding carboxylic acids is 1. The third kappa shape index (κ3) is 3.52. The van der Waals surface area contributed by atoms with Crippen LogP contribution in [-0.4, -0.2) is 35.0 Å². The lowest BCUT2D eigenvalue weighted by Crippen LogP contribution is -2.67. The Balaban J connectivity index is 1.59. The van der Waals surface area contributed by atoms with Crippen LogP contribution in [-0.2, 0) is 9.53 Å². The first kappa shape index (κ1) is 27.3. The molecule has 37 heavy (non-hydrogen) atoms. The highest BCUT2D eigenvalue weighted by Gasteiger charge is 2.70. The van der Waals surface area contributed by atoms with E-state index in [2.05, 4.69) is 60.5 Å². The van der Waals surface area contributed by atoms with Gasteiger partial charge >= 0.3 is 5.97 Å². The molecule has 4 heteroatoms. The molecule has 0 heterocycles. The Bertz CT molecular complexity index is 1030. The molecule has 206 valence electrons. The minimum Gasteiger partial charge on any atom is -0.452 e. The van der Waals surface area contributed by atoms with Crippen LogP contribution >= 0.6 is 0 Å². The highest BCUT2D eigenvalue weighted by molar-refractivity contribution is 5.79. The van der Waals surface area contributed by atoms with Gasteiger partial charge in [-0.3, -0.25) is 4.79 Å². The Kier molecular flexibility index (Phi) is 6.15. The van der Waals surface area contributed by atoms with E-state index in [1.54, 1.807) is 0 Å². The van der Waals surface area contributed by atoms with Crippen molar-refractivity contribution in [3.63, 3.8) is 0 Å². The van der Waals surface area contributed by atoms with Crippen LogP contribution in [0, 0.1) is 62.6 Å². The van der Waals surface area contributed by atoms with Gasteiger partial charge in [0, 0.05) is 0 Å². The zero-order valence-electron chi connectivity index (χ0n) is 24.3. The molecule has 0 amide bonds. The second kappa shape index (κ2) is 8.34. The Morgan fingerprint density at radius 3 is 2.35 bits per heavy atom. The molecule has 0 radical (unpaired) electrons. The van der Waals surface area contributed by atoms with E-state index < -0.39 is 17.6 Å². The standard InChI is InChI=1S/C33H50O4/c1-9-18-37-27(36)33-16-14-28(2,3)19-22(33)21-10-11-25-30(6)20-23(34)26(35)29(4,5)24(30)12-13-32(25,8)31(21,7)15-17-33/h1,10,22-26,34-35H,11-20H2,2-8H3/t22?,23-,24?,25?,26+,30+,31-,32-,33+/m1/s1. The average Bonchev–Trinajstić information content (AvgIpc) is 2.81. The Morgan fingerprint density at radius 1 is 1.00 bits per heavy atom. The Hall–Kier alpha value is -1.31. The van der Waals surface area contributed by atoms with E-state index in [0.717, 1.165) is 51.4 Å². The van der Waals surface area contributed by atoms with Gasteiger partial charge < -0.3 is 14.9 Å². The molecule has 0 aliphatic heterocycles. The maximum absolute atomic E-state index is 13.6.